The lowest BCUT2D eigenvalue weighted by molar-refractivity contribution is 0.0773. The second-order valence-corrected chi connectivity index (χ2v) is 7.38. The predicted octanol–water partition coefficient (Wildman–Crippen LogP) is 4.34. The highest BCUT2D eigenvalue weighted by Gasteiger charge is 2.20. The summed E-state index contributed by atoms with van der Waals surface area (Å²) in [5.41, 5.74) is 5.57. The van der Waals surface area contributed by atoms with Crippen LogP contribution in [0.15, 0.2) is 79.3 Å². The Morgan fingerprint density at radius 3 is 2.69 bits per heavy atom. The number of H-pyrrole nitrogens is 1. The minimum absolute atomic E-state index is 0.0878. The number of fused-ring (bicyclic) bond motifs is 1. The van der Waals surface area contributed by atoms with E-state index in [4.69, 9.17) is 0 Å². The maximum absolute atomic E-state index is 12.9. The van der Waals surface area contributed by atoms with Crippen LogP contribution < -0.4 is 0 Å². The number of aromatic amines is 1. The van der Waals surface area contributed by atoms with Crippen molar-refractivity contribution < 1.29 is 4.79 Å². The standard InChI is InChI=1S/C24H22N4O/c29-24(20-8-6-18(7-9-20)17-28-13-3-12-26-28)27-14-10-19(11-15-27)22-16-25-23-5-2-1-4-21(22)23/h1-10,12-13,16,25H,11,14-15,17H2. The Labute approximate surface area is 169 Å². The molecule has 0 saturated carbocycles. The summed E-state index contributed by atoms with van der Waals surface area (Å²) in [7, 11) is 0. The zero-order chi connectivity index (χ0) is 19.6. The topological polar surface area (TPSA) is 53.9 Å². The number of aromatic nitrogens is 3. The number of para-hydroxylation sites is 1. The SMILES string of the molecule is O=C(c1ccc(Cn2cccn2)cc1)N1CC=C(c2c[nH]c3ccccc23)CC1. The molecule has 4 aromatic rings. The monoisotopic (exact) mass is 382 g/mol. The third-order valence-corrected chi connectivity index (χ3v) is 5.54. The quantitative estimate of drug-likeness (QED) is 0.571. The normalized spacial score (nSPS) is 14.2. The van der Waals surface area contributed by atoms with Gasteiger partial charge in [-0.1, -0.05) is 36.4 Å². The molecular weight excluding hydrogens is 360 g/mol. The minimum atomic E-state index is 0.0878. The second kappa shape index (κ2) is 7.43. The first-order chi connectivity index (χ1) is 14.3. The third-order valence-electron chi connectivity index (χ3n) is 5.54. The Morgan fingerprint density at radius 2 is 1.93 bits per heavy atom. The van der Waals surface area contributed by atoms with Crippen LogP contribution in [-0.2, 0) is 6.54 Å². The maximum Gasteiger partial charge on any atom is 0.254 e. The van der Waals surface area contributed by atoms with E-state index in [9.17, 15) is 4.79 Å². The number of benzene rings is 2. The fourth-order valence-electron chi connectivity index (χ4n) is 3.95. The van der Waals surface area contributed by atoms with E-state index < -0.39 is 0 Å². The van der Waals surface area contributed by atoms with E-state index >= 15 is 0 Å². The van der Waals surface area contributed by atoms with Crippen LogP contribution in [0.5, 0.6) is 0 Å². The van der Waals surface area contributed by atoms with E-state index in [2.05, 4.69) is 40.6 Å². The van der Waals surface area contributed by atoms with Gasteiger partial charge in [0.2, 0.25) is 0 Å². The average molecular weight is 382 g/mol. The molecule has 29 heavy (non-hydrogen) atoms. The van der Waals surface area contributed by atoms with Crippen LogP contribution in [-0.4, -0.2) is 38.7 Å². The summed E-state index contributed by atoms with van der Waals surface area (Å²) in [5.74, 6) is 0.0878. The molecule has 3 heterocycles. The molecule has 1 aliphatic rings. The second-order valence-electron chi connectivity index (χ2n) is 7.38. The van der Waals surface area contributed by atoms with Gasteiger partial charge in [-0.3, -0.25) is 9.48 Å². The van der Waals surface area contributed by atoms with Crippen molar-refractivity contribution in [3.63, 3.8) is 0 Å². The van der Waals surface area contributed by atoms with Crippen LogP contribution in [0.3, 0.4) is 0 Å². The fourth-order valence-corrected chi connectivity index (χ4v) is 3.95. The van der Waals surface area contributed by atoms with Crippen LogP contribution in [0.4, 0.5) is 0 Å². The van der Waals surface area contributed by atoms with Gasteiger partial charge < -0.3 is 9.88 Å². The first-order valence-corrected chi connectivity index (χ1v) is 9.89. The summed E-state index contributed by atoms with van der Waals surface area (Å²) in [6, 6.07) is 18.1. The predicted molar refractivity (Wildman–Crippen MR) is 115 cm³/mol. The van der Waals surface area contributed by atoms with Gasteiger partial charge in [-0.05, 0) is 41.8 Å². The van der Waals surface area contributed by atoms with Gasteiger partial charge in [-0.15, -0.1) is 0 Å². The molecule has 0 unspecified atom stereocenters. The summed E-state index contributed by atoms with van der Waals surface area (Å²) in [6.45, 7) is 2.09. The van der Waals surface area contributed by atoms with Crippen LogP contribution in [0, 0.1) is 0 Å². The molecule has 0 saturated heterocycles. The first-order valence-electron chi connectivity index (χ1n) is 9.89. The largest absolute Gasteiger partial charge is 0.361 e. The van der Waals surface area contributed by atoms with Crippen LogP contribution in [0.1, 0.15) is 27.9 Å². The molecule has 0 spiro atoms. The Hall–Kier alpha value is -3.60. The lowest BCUT2D eigenvalue weighted by Gasteiger charge is -2.26. The summed E-state index contributed by atoms with van der Waals surface area (Å²) in [4.78, 5) is 18.2. The van der Waals surface area contributed by atoms with Gasteiger partial charge in [0.05, 0.1) is 6.54 Å². The van der Waals surface area contributed by atoms with Crippen molar-refractivity contribution in [1.29, 1.82) is 0 Å². The van der Waals surface area contributed by atoms with E-state index in [-0.39, 0.29) is 5.91 Å². The minimum Gasteiger partial charge on any atom is -0.361 e. The highest BCUT2D eigenvalue weighted by molar-refractivity contribution is 5.96. The van der Waals surface area contributed by atoms with Crippen molar-refractivity contribution in [3.05, 3.63) is 96.0 Å². The van der Waals surface area contributed by atoms with Gasteiger partial charge >= 0.3 is 0 Å². The number of nitrogens with zero attached hydrogens (tertiary/aromatic N) is 3. The van der Waals surface area contributed by atoms with Crippen molar-refractivity contribution >= 4 is 22.4 Å². The van der Waals surface area contributed by atoms with Gasteiger partial charge in [0.15, 0.2) is 0 Å². The van der Waals surface area contributed by atoms with Crippen molar-refractivity contribution in [2.24, 2.45) is 0 Å². The van der Waals surface area contributed by atoms with Crippen molar-refractivity contribution in [2.75, 3.05) is 13.1 Å². The summed E-state index contributed by atoms with van der Waals surface area (Å²) in [5, 5.41) is 5.46. The number of nitrogens with one attached hydrogen (secondary N) is 1. The van der Waals surface area contributed by atoms with Gasteiger partial charge in [0.1, 0.15) is 0 Å². The van der Waals surface area contributed by atoms with Crippen molar-refractivity contribution in [3.8, 4) is 0 Å². The molecular formula is C24H22N4O. The molecule has 2 aromatic heterocycles. The molecule has 0 radical (unpaired) electrons. The van der Waals surface area contributed by atoms with E-state index in [0.717, 1.165) is 29.6 Å². The molecule has 5 rings (SSSR count). The number of carbonyl (C=O) groups excluding carboxylic acids is 1. The van der Waals surface area contributed by atoms with Gasteiger partial charge in [0.25, 0.3) is 5.91 Å². The molecule has 0 fully saturated rings. The molecule has 0 atom stereocenters. The molecule has 0 bridgehead atoms. The van der Waals surface area contributed by atoms with Crippen LogP contribution >= 0.6 is 0 Å². The summed E-state index contributed by atoms with van der Waals surface area (Å²) >= 11 is 0. The third kappa shape index (κ3) is 3.47. The lowest BCUT2D eigenvalue weighted by atomic mass is 9.98. The van der Waals surface area contributed by atoms with E-state index in [1.54, 1.807) is 6.20 Å². The molecule has 5 nitrogen and oxygen atoms in total. The van der Waals surface area contributed by atoms with Crippen molar-refractivity contribution in [2.45, 2.75) is 13.0 Å². The maximum atomic E-state index is 12.9. The van der Waals surface area contributed by atoms with Gasteiger partial charge in [-0.25, -0.2) is 0 Å². The van der Waals surface area contributed by atoms with E-state index in [1.807, 2.05) is 52.2 Å². The molecule has 1 aliphatic heterocycles. The highest BCUT2D eigenvalue weighted by Crippen LogP contribution is 2.29. The van der Waals surface area contributed by atoms with Gasteiger partial charge in [-0.2, -0.15) is 5.10 Å². The zero-order valence-corrected chi connectivity index (χ0v) is 16.1. The van der Waals surface area contributed by atoms with Crippen LogP contribution in [0.2, 0.25) is 0 Å². The summed E-state index contributed by atoms with van der Waals surface area (Å²) in [6.07, 6.45) is 8.83. The molecule has 5 heteroatoms. The molecule has 2 aromatic carbocycles. The Morgan fingerprint density at radius 1 is 1.07 bits per heavy atom. The lowest BCUT2D eigenvalue weighted by Crippen LogP contribution is -2.34. The average Bonchev–Trinajstić information content (AvgIpc) is 3.44. The molecule has 1 amide bonds. The van der Waals surface area contributed by atoms with E-state index in [0.29, 0.717) is 13.1 Å². The molecule has 144 valence electrons. The zero-order valence-electron chi connectivity index (χ0n) is 16.1. The number of hydrogen-bond acceptors (Lipinski definition) is 2. The number of hydrogen-bond donors (Lipinski definition) is 1. The number of carbonyl (C=O) groups is 1. The van der Waals surface area contributed by atoms with Gasteiger partial charge in [0, 0.05) is 53.7 Å². The molecule has 0 aliphatic carbocycles. The Bertz CT molecular complexity index is 1170. The molecule has 1 N–H and O–H groups in total. The Kier molecular flexibility index (Phi) is 4.48. The smallest absolute Gasteiger partial charge is 0.254 e. The number of amides is 1. The Balaban J connectivity index is 1.28. The van der Waals surface area contributed by atoms with Crippen LogP contribution in [0.25, 0.3) is 16.5 Å². The highest BCUT2D eigenvalue weighted by atomic mass is 16.2. The van der Waals surface area contributed by atoms with Crippen molar-refractivity contribution in [1.82, 2.24) is 19.7 Å². The fraction of sp³-hybridized carbons (Fsp3) is 0.167. The first kappa shape index (κ1) is 17.5. The number of rotatable bonds is 4. The van der Waals surface area contributed by atoms with E-state index in [1.165, 1.54) is 16.5 Å². The summed E-state index contributed by atoms with van der Waals surface area (Å²) < 4.78 is 1.87.